The number of nitrogens with zero attached hydrogens (tertiary/aromatic N) is 2. The zero-order chi connectivity index (χ0) is 25.5. The summed E-state index contributed by atoms with van der Waals surface area (Å²) in [6.45, 7) is 7.50. The summed E-state index contributed by atoms with van der Waals surface area (Å²) in [5.41, 5.74) is -0.155. The van der Waals surface area contributed by atoms with Crippen LogP contribution in [0, 0.1) is 11.8 Å². The number of carbonyl (C=O) groups is 1. The minimum atomic E-state index is -4.32. The fourth-order valence-electron chi connectivity index (χ4n) is 7.09. The van der Waals surface area contributed by atoms with Gasteiger partial charge in [0.15, 0.2) is 0 Å². The molecule has 3 aliphatic heterocycles. The van der Waals surface area contributed by atoms with E-state index in [2.05, 4.69) is 29.0 Å². The van der Waals surface area contributed by atoms with E-state index in [0.29, 0.717) is 43.5 Å². The number of ether oxygens (including phenoxy) is 1. The number of alkyl halides is 3. The summed E-state index contributed by atoms with van der Waals surface area (Å²) in [6.07, 6.45) is 3.37. The molecule has 1 spiro atoms. The van der Waals surface area contributed by atoms with E-state index in [0.717, 1.165) is 50.8 Å². The Bertz CT molecular complexity index is 916. The first-order valence-electron chi connectivity index (χ1n) is 13.8. The summed E-state index contributed by atoms with van der Waals surface area (Å²) < 4.78 is 45.8. The Kier molecular flexibility index (Phi) is 7.40. The number of hydrogen-bond donors (Lipinski definition) is 1. The van der Waals surface area contributed by atoms with Crippen LogP contribution in [0.2, 0.25) is 0 Å². The third kappa shape index (κ3) is 5.05. The summed E-state index contributed by atoms with van der Waals surface area (Å²) in [5, 5.41) is 3.65. The van der Waals surface area contributed by atoms with Gasteiger partial charge in [0.1, 0.15) is 5.72 Å². The number of carbonyl (C=O) groups excluding carboxylic acids is 1. The van der Waals surface area contributed by atoms with Gasteiger partial charge in [-0.05, 0) is 68.7 Å². The van der Waals surface area contributed by atoms with E-state index in [1.165, 1.54) is 25.0 Å². The van der Waals surface area contributed by atoms with E-state index < -0.39 is 17.5 Å². The maximum Gasteiger partial charge on any atom is 0.416 e. The standard InChI is InChI=1S/C28H40F3N3O2/c1-19(2)25-18-36-27-13-12-24(15-22(27)10-11-26(35)34(25)27)33(17-23-5-3-4-14-32-23)16-20-6-8-21(9-7-20)28(29,30)31/h6-9,19,22-25,32H,3-5,10-18H2,1-2H3/t22-,23-,24+,25-,27-/m1/s1. The second kappa shape index (κ2) is 10.3. The summed E-state index contributed by atoms with van der Waals surface area (Å²) in [7, 11) is 0. The third-order valence-electron chi connectivity index (χ3n) is 9.07. The molecular weight excluding hydrogens is 467 g/mol. The lowest BCUT2D eigenvalue weighted by atomic mass is 9.72. The van der Waals surface area contributed by atoms with Crippen LogP contribution < -0.4 is 5.32 Å². The molecule has 1 aliphatic carbocycles. The van der Waals surface area contributed by atoms with Gasteiger partial charge in [-0.3, -0.25) is 9.69 Å². The van der Waals surface area contributed by atoms with Crippen LogP contribution >= 0.6 is 0 Å². The maximum atomic E-state index is 13.1. The molecule has 1 N–H and O–H groups in total. The molecule has 4 aliphatic rings. The minimum Gasteiger partial charge on any atom is -0.353 e. The molecule has 0 aromatic heterocycles. The molecule has 1 amide bonds. The van der Waals surface area contributed by atoms with Crippen LogP contribution in [0.4, 0.5) is 13.2 Å². The molecule has 1 aromatic carbocycles. The van der Waals surface area contributed by atoms with E-state index in [4.69, 9.17) is 4.74 Å². The average Bonchev–Trinajstić information content (AvgIpc) is 3.25. The van der Waals surface area contributed by atoms with Crippen molar-refractivity contribution in [1.82, 2.24) is 15.1 Å². The molecule has 4 fully saturated rings. The molecule has 5 nitrogen and oxygen atoms in total. The normalized spacial score (nSPS) is 33.2. The van der Waals surface area contributed by atoms with Gasteiger partial charge in [-0.2, -0.15) is 13.2 Å². The van der Waals surface area contributed by atoms with Gasteiger partial charge in [0.2, 0.25) is 5.91 Å². The molecule has 3 saturated heterocycles. The van der Waals surface area contributed by atoms with E-state index >= 15 is 0 Å². The maximum absolute atomic E-state index is 13.1. The number of rotatable bonds is 6. The predicted octanol–water partition coefficient (Wildman–Crippen LogP) is 5.19. The highest BCUT2D eigenvalue weighted by Crippen LogP contribution is 2.51. The Balaban J connectivity index is 1.34. The van der Waals surface area contributed by atoms with Gasteiger partial charge in [-0.15, -0.1) is 0 Å². The van der Waals surface area contributed by atoms with Crippen LogP contribution in [0.1, 0.15) is 76.3 Å². The van der Waals surface area contributed by atoms with Gasteiger partial charge in [0.05, 0.1) is 18.2 Å². The topological polar surface area (TPSA) is 44.8 Å². The van der Waals surface area contributed by atoms with Crippen molar-refractivity contribution in [2.45, 2.75) is 102 Å². The van der Waals surface area contributed by atoms with Crippen LogP contribution in [0.25, 0.3) is 0 Å². The SMILES string of the molecule is CC(C)[C@H]1CO[C@]23CC[C@H](N(Cc4ccc(C(F)(F)F)cc4)C[C@H]4CCCCN4)C[C@H]2CCC(=O)N13. The summed E-state index contributed by atoms with van der Waals surface area (Å²) in [4.78, 5) is 17.6. The fourth-order valence-corrected chi connectivity index (χ4v) is 7.09. The third-order valence-corrected chi connectivity index (χ3v) is 9.07. The number of piperidine rings is 2. The van der Waals surface area contributed by atoms with Gasteiger partial charge < -0.3 is 15.0 Å². The molecular formula is C28H40F3N3O2. The first-order valence-corrected chi connectivity index (χ1v) is 13.8. The van der Waals surface area contributed by atoms with Crippen LogP contribution in [-0.2, 0) is 22.3 Å². The Hall–Kier alpha value is -1.64. The van der Waals surface area contributed by atoms with E-state index in [1.807, 2.05) is 0 Å². The summed E-state index contributed by atoms with van der Waals surface area (Å²) >= 11 is 0. The fraction of sp³-hybridized carbons (Fsp3) is 0.750. The van der Waals surface area contributed by atoms with Gasteiger partial charge in [0.25, 0.3) is 0 Å². The van der Waals surface area contributed by atoms with Crippen molar-refractivity contribution in [3.05, 3.63) is 35.4 Å². The van der Waals surface area contributed by atoms with Gasteiger partial charge in [-0.1, -0.05) is 32.4 Å². The highest BCUT2D eigenvalue weighted by Gasteiger charge is 2.59. The quantitative estimate of drug-likeness (QED) is 0.576. The largest absolute Gasteiger partial charge is 0.416 e. The van der Waals surface area contributed by atoms with Crippen molar-refractivity contribution in [1.29, 1.82) is 0 Å². The Labute approximate surface area is 212 Å². The molecule has 36 heavy (non-hydrogen) atoms. The lowest BCUT2D eigenvalue weighted by Crippen LogP contribution is -2.63. The summed E-state index contributed by atoms with van der Waals surface area (Å²) in [5.74, 6) is 0.888. The average molecular weight is 508 g/mol. The molecule has 0 unspecified atom stereocenters. The van der Waals surface area contributed by atoms with Crippen molar-refractivity contribution >= 4 is 5.91 Å². The van der Waals surface area contributed by atoms with Crippen molar-refractivity contribution in [3.8, 4) is 0 Å². The first-order chi connectivity index (χ1) is 17.2. The number of benzene rings is 1. The van der Waals surface area contributed by atoms with Gasteiger partial charge in [-0.25, -0.2) is 0 Å². The van der Waals surface area contributed by atoms with E-state index in [9.17, 15) is 18.0 Å². The minimum absolute atomic E-state index is 0.145. The molecule has 0 bridgehead atoms. The molecule has 200 valence electrons. The van der Waals surface area contributed by atoms with Crippen molar-refractivity contribution in [2.24, 2.45) is 11.8 Å². The lowest BCUT2D eigenvalue weighted by molar-refractivity contribution is -0.192. The van der Waals surface area contributed by atoms with Crippen LogP contribution in [0.3, 0.4) is 0 Å². The smallest absolute Gasteiger partial charge is 0.353 e. The van der Waals surface area contributed by atoms with Gasteiger partial charge in [0, 0.05) is 37.5 Å². The molecule has 3 heterocycles. The Morgan fingerprint density at radius 3 is 2.61 bits per heavy atom. The highest BCUT2D eigenvalue weighted by atomic mass is 19.4. The molecule has 1 aromatic rings. The van der Waals surface area contributed by atoms with Crippen molar-refractivity contribution in [3.63, 3.8) is 0 Å². The number of hydrogen-bond acceptors (Lipinski definition) is 4. The van der Waals surface area contributed by atoms with E-state index in [-0.39, 0.29) is 11.9 Å². The van der Waals surface area contributed by atoms with Crippen molar-refractivity contribution in [2.75, 3.05) is 19.7 Å². The molecule has 5 atom stereocenters. The second-order valence-electron chi connectivity index (χ2n) is 11.7. The second-order valence-corrected chi connectivity index (χ2v) is 11.7. The molecule has 0 radical (unpaired) electrons. The Morgan fingerprint density at radius 1 is 1.17 bits per heavy atom. The molecule has 8 heteroatoms. The molecule has 5 rings (SSSR count). The van der Waals surface area contributed by atoms with Gasteiger partial charge >= 0.3 is 6.18 Å². The lowest BCUT2D eigenvalue weighted by Gasteiger charge is -2.54. The highest BCUT2D eigenvalue weighted by molar-refractivity contribution is 5.78. The number of halogens is 3. The first kappa shape index (κ1) is 26.0. The summed E-state index contributed by atoms with van der Waals surface area (Å²) in [6, 6.07) is 6.53. The monoisotopic (exact) mass is 507 g/mol. The zero-order valence-corrected chi connectivity index (χ0v) is 21.5. The molecule has 1 saturated carbocycles. The Morgan fingerprint density at radius 2 is 1.94 bits per heavy atom. The zero-order valence-electron chi connectivity index (χ0n) is 21.5. The predicted molar refractivity (Wildman–Crippen MR) is 132 cm³/mol. The van der Waals surface area contributed by atoms with Crippen LogP contribution in [-0.4, -0.2) is 59.3 Å². The number of amides is 1. The number of nitrogens with one attached hydrogen (secondary N) is 1. The van der Waals surface area contributed by atoms with Crippen LogP contribution in [0.5, 0.6) is 0 Å². The van der Waals surface area contributed by atoms with Crippen molar-refractivity contribution < 1.29 is 22.7 Å². The van der Waals surface area contributed by atoms with Crippen LogP contribution in [0.15, 0.2) is 24.3 Å². The van der Waals surface area contributed by atoms with E-state index in [1.54, 1.807) is 12.1 Å².